The maximum absolute atomic E-state index is 12.7. The summed E-state index contributed by atoms with van der Waals surface area (Å²) in [5, 5.41) is 3.10. The predicted octanol–water partition coefficient (Wildman–Crippen LogP) is 2.02. The molecule has 2 N–H and O–H groups in total. The monoisotopic (exact) mass is 341 g/mol. The molecule has 3 rings (SSSR count). The van der Waals surface area contributed by atoms with Gasteiger partial charge < -0.3 is 15.2 Å². The molecule has 1 aliphatic heterocycles. The highest BCUT2D eigenvalue weighted by Gasteiger charge is 2.26. The number of carbonyl (C=O) groups excluding carboxylic acids is 2. The van der Waals surface area contributed by atoms with Crippen LogP contribution in [0.1, 0.15) is 51.9 Å². The molecule has 1 fully saturated rings. The summed E-state index contributed by atoms with van der Waals surface area (Å²) in [6, 6.07) is 1.82. The SMILES string of the molecule is CC(=O)c1[nH]c(C)c(C(=O)N[C@@H]2CCCN(c3ncccn3)C2)c1C. The van der Waals surface area contributed by atoms with Gasteiger partial charge in [-0.25, -0.2) is 9.97 Å². The Kier molecular flexibility index (Phi) is 4.83. The zero-order valence-electron chi connectivity index (χ0n) is 14.8. The number of aromatic amines is 1. The number of anilines is 1. The fourth-order valence-corrected chi connectivity index (χ4v) is 3.43. The summed E-state index contributed by atoms with van der Waals surface area (Å²) >= 11 is 0. The van der Waals surface area contributed by atoms with Crippen LogP contribution in [-0.4, -0.2) is 45.8 Å². The number of Topliss-reactive ketones (excluding diaryl/α,β-unsaturated/α-hetero) is 1. The lowest BCUT2D eigenvalue weighted by atomic mass is 10.0. The van der Waals surface area contributed by atoms with E-state index in [4.69, 9.17) is 0 Å². The van der Waals surface area contributed by atoms with Gasteiger partial charge in [-0.15, -0.1) is 0 Å². The number of hydrogen-bond donors (Lipinski definition) is 2. The van der Waals surface area contributed by atoms with Gasteiger partial charge in [0.2, 0.25) is 5.95 Å². The van der Waals surface area contributed by atoms with E-state index in [2.05, 4.69) is 25.2 Å². The lowest BCUT2D eigenvalue weighted by molar-refractivity contribution is 0.0932. The van der Waals surface area contributed by atoms with Crippen molar-refractivity contribution in [3.63, 3.8) is 0 Å². The van der Waals surface area contributed by atoms with E-state index in [-0.39, 0.29) is 17.7 Å². The second kappa shape index (κ2) is 7.04. The third-order valence-electron chi connectivity index (χ3n) is 4.61. The van der Waals surface area contributed by atoms with Gasteiger partial charge in [-0.1, -0.05) is 0 Å². The minimum absolute atomic E-state index is 0.0273. The Bertz CT molecular complexity index is 784. The van der Waals surface area contributed by atoms with Crippen molar-refractivity contribution in [1.82, 2.24) is 20.3 Å². The maximum atomic E-state index is 12.7. The number of amides is 1. The molecule has 1 aliphatic rings. The van der Waals surface area contributed by atoms with E-state index in [1.165, 1.54) is 6.92 Å². The van der Waals surface area contributed by atoms with Crippen molar-refractivity contribution in [3.8, 4) is 0 Å². The van der Waals surface area contributed by atoms with Crippen LogP contribution in [0.25, 0.3) is 0 Å². The van der Waals surface area contributed by atoms with Crippen molar-refractivity contribution < 1.29 is 9.59 Å². The molecule has 0 aliphatic carbocycles. The van der Waals surface area contributed by atoms with Gasteiger partial charge in [0, 0.05) is 44.1 Å². The molecule has 132 valence electrons. The van der Waals surface area contributed by atoms with Gasteiger partial charge in [0.25, 0.3) is 5.91 Å². The molecule has 1 saturated heterocycles. The van der Waals surface area contributed by atoms with Gasteiger partial charge in [0.05, 0.1) is 11.3 Å². The van der Waals surface area contributed by atoms with Crippen molar-refractivity contribution in [3.05, 3.63) is 41.0 Å². The van der Waals surface area contributed by atoms with Crippen LogP contribution >= 0.6 is 0 Å². The van der Waals surface area contributed by atoms with E-state index in [0.29, 0.717) is 29.3 Å². The van der Waals surface area contributed by atoms with Crippen LogP contribution < -0.4 is 10.2 Å². The molecule has 25 heavy (non-hydrogen) atoms. The molecule has 7 heteroatoms. The predicted molar refractivity (Wildman–Crippen MR) is 95.0 cm³/mol. The maximum Gasteiger partial charge on any atom is 0.253 e. The number of aromatic nitrogens is 3. The standard InChI is InChI=1S/C18H23N5O2/c1-11-15(12(2)21-16(11)13(3)24)17(25)22-14-6-4-9-23(10-14)18-19-7-5-8-20-18/h5,7-8,14,21H,4,6,9-10H2,1-3H3,(H,22,25)/t14-/m1/s1. The lowest BCUT2D eigenvalue weighted by Gasteiger charge is -2.33. The molecule has 0 bridgehead atoms. The fourth-order valence-electron chi connectivity index (χ4n) is 3.43. The molecule has 0 radical (unpaired) electrons. The summed E-state index contributed by atoms with van der Waals surface area (Å²) in [4.78, 5) is 38.1. The summed E-state index contributed by atoms with van der Waals surface area (Å²) in [5.74, 6) is 0.485. The van der Waals surface area contributed by atoms with Gasteiger partial charge >= 0.3 is 0 Å². The first-order chi connectivity index (χ1) is 12.0. The number of hydrogen-bond acceptors (Lipinski definition) is 5. The number of ketones is 1. The first kappa shape index (κ1) is 17.1. The van der Waals surface area contributed by atoms with Crippen molar-refractivity contribution in [2.24, 2.45) is 0 Å². The normalized spacial score (nSPS) is 17.4. The summed E-state index contributed by atoms with van der Waals surface area (Å²) in [7, 11) is 0. The van der Waals surface area contributed by atoms with E-state index >= 15 is 0 Å². The largest absolute Gasteiger partial charge is 0.355 e. The first-order valence-corrected chi connectivity index (χ1v) is 8.50. The van der Waals surface area contributed by atoms with E-state index in [1.54, 1.807) is 25.4 Å². The Hall–Kier alpha value is -2.70. The topological polar surface area (TPSA) is 91.0 Å². The van der Waals surface area contributed by atoms with E-state index in [1.807, 2.05) is 6.92 Å². The number of nitrogens with zero attached hydrogens (tertiary/aromatic N) is 3. The molecule has 0 aromatic carbocycles. The third-order valence-corrected chi connectivity index (χ3v) is 4.61. The fraction of sp³-hybridized carbons (Fsp3) is 0.444. The van der Waals surface area contributed by atoms with Crippen molar-refractivity contribution in [1.29, 1.82) is 0 Å². The minimum atomic E-state index is -0.139. The molecular formula is C18H23N5O2. The molecular weight excluding hydrogens is 318 g/mol. The number of aryl methyl sites for hydroxylation is 1. The Morgan fingerprint density at radius 2 is 2.00 bits per heavy atom. The third kappa shape index (κ3) is 3.55. The van der Waals surface area contributed by atoms with Gasteiger partial charge in [-0.3, -0.25) is 9.59 Å². The number of rotatable bonds is 4. The summed E-state index contributed by atoms with van der Waals surface area (Å²) < 4.78 is 0. The summed E-state index contributed by atoms with van der Waals surface area (Å²) in [6.07, 6.45) is 5.32. The molecule has 0 unspecified atom stereocenters. The highest BCUT2D eigenvalue weighted by Crippen LogP contribution is 2.20. The van der Waals surface area contributed by atoms with Crippen LogP contribution in [0.2, 0.25) is 0 Å². The number of carbonyl (C=O) groups is 2. The van der Waals surface area contributed by atoms with Crippen LogP contribution in [0.4, 0.5) is 5.95 Å². The van der Waals surface area contributed by atoms with Crippen LogP contribution in [-0.2, 0) is 0 Å². The molecule has 0 spiro atoms. The molecule has 1 amide bonds. The van der Waals surface area contributed by atoms with Crippen LogP contribution in [0.15, 0.2) is 18.5 Å². The minimum Gasteiger partial charge on any atom is -0.355 e. The Balaban J connectivity index is 1.72. The van der Waals surface area contributed by atoms with E-state index < -0.39 is 0 Å². The van der Waals surface area contributed by atoms with Gasteiger partial charge in [0.1, 0.15) is 0 Å². The highest BCUT2D eigenvalue weighted by atomic mass is 16.2. The Morgan fingerprint density at radius 1 is 1.28 bits per heavy atom. The van der Waals surface area contributed by atoms with Crippen LogP contribution in [0.5, 0.6) is 0 Å². The number of piperidine rings is 1. The van der Waals surface area contributed by atoms with Crippen LogP contribution in [0.3, 0.4) is 0 Å². The summed E-state index contributed by atoms with van der Waals surface area (Å²) in [6.45, 7) is 6.68. The van der Waals surface area contributed by atoms with Gasteiger partial charge in [0.15, 0.2) is 5.78 Å². The smallest absolute Gasteiger partial charge is 0.253 e. The van der Waals surface area contributed by atoms with Gasteiger partial charge in [-0.05, 0) is 38.3 Å². The van der Waals surface area contributed by atoms with E-state index in [0.717, 1.165) is 25.1 Å². The first-order valence-electron chi connectivity index (χ1n) is 8.50. The average molecular weight is 341 g/mol. The summed E-state index contributed by atoms with van der Waals surface area (Å²) in [5.41, 5.74) is 2.50. The highest BCUT2D eigenvalue weighted by molar-refractivity contribution is 6.02. The average Bonchev–Trinajstić information content (AvgIpc) is 2.90. The molecule has 0 saturated carbocycles. The van der Waals surface area contributed by atoms with Crippen molar-refractivity contribution in [2.75, 3.05) is 18.0 Å². The zero-order valence-corrected chi connectivity index (χ0v) is 14.8. The lowest BCUT2D eigenvalue weighted by Crippen LogP contribution is -2.48. The number of nitrogens with one attached hydrogen (secondary N) is 2. The molecule has 2 aromatic rings. The van der Waals surface area contributed by atoms with Gasteiger partial charge in [-0.2, -0.15) is 0 Å². The second-order valence-electron chi connectivity index (χ2n) is 6.49. The molecule has 3 heterocycles. The quantitative estimate of drug-likeness (QED) is 0.830. The number of H-pyrrole nitrogens is 1. The molecule has 7 nitrogen and oxygen atoms in total. The van der Waals surface area contributed by atoms with E-state index in [9.17, 15) is 9.59 Å². The second-order valence-corrected chi connectivity index (χ2v) is 6.49. The van der Waals surface area contributed by atoms with Crippen molar-refractivity contribution >= 4 is 17.6 Å². The Labute approximate surface area is 146 Å². The zero-order chi connectivity index (χ0) is 18.0. The van der Waals surface area contributed by atoms with Crippen LogP contribution in [0, 0.1) is 13.8 Å². The molecule has 1 atom stereocenters. The Morgan fingerprint density at radius 3 is 2.64 bits per heavy atom. The molecule has 2 aromatic heterocycles. The van der Waals surface area contributed by atoms with Crippen molar-refractivity contribution in [2.45, 2.75) is 39.7 Å².